The van der Waals surface area contributed by atoms with Gasteiger partial charge in [-0.05, 0) is 72.7 Å². The Kier molecular flexibility index (Phi) is 7.18. The van der Waals surface area contributed by atoms with Crippen LogP contribution >= 0.6 is 0 Å². The number of likely N-dealkylation sites (tertiary alicyclic amines) is 1. The molecule has 2 saturated heterocycles. The summed E-state index contributed by atoms with van der Waals surface area (Å²) < 4.78 is 11.9. The molecule has 4 heterocycles. The van der Waals surface area contributed by atoms with Gasteiger partial charge in [0.2, 0.25) is 11.8 Å². The van der Waals surface area contributed by atoms with Gasteiger partial charge in [-0.3, -0.25) is 19.5 Å². The van der Waals surface area contributed by atoms with E-state index in [0.29, 0.717) is 43.9 Å². The summed E-state index contributed by atoms with van der Waals surface area (Å²) in [6, 6.07) is 9.29. The van der Waals surface area contributed by atoms with Gasteiger partial charge in [-0.2, -0.15) is 0 Å². The highest BCUT2D eigenvalue weighted by Gasteiger charge is 2.56. The minimum absolute atomic E-state index is 0.0952. The third kappa shape index (κ3) is 4.45. The van der Waals surface area contributed by atoms with Gasteiger partial charge in [-0.1, -0.05) is 13.0 Å². The van der Waals surface area contributed by atoms with Gasteiger partial charge >= 0.3 is 0 Å². The zero-order valence-corrected chi connectivity index (χ0v) is 20.4. The predicted molar refractivity (Wildman–Crippen MR) is 132 cm³/mol. The molecule has 1 aliphatic carbocycles. The smallest absolute Gasteiger partial charge is 0.233 e. The number of allylic oxidation sites excluding steroid dienone is 1. The zero-order valence-electron chi connectivity index (χ0n) is 20.4. The first-order valence-corrected chi connectivity index (χ1v) is 12.7. The average Bonchev–Trinajstić information content (AvgIpc) is 3.60. The summed E-state index contributed by atoms with van der Waals surface area (Å²) in [5, 5.41) is 19.5. The first kappa shape index (κ1) is 24.6. The third-order valence-electron chi connectivity index (χ3n) is 7.56. The lowest BCUT2D eigenvalue weighted by atomic mass is 9.69. The number of amides is 2. The summed E-state index contributed by atoms with van der Waals surface area (Å²) in [5.41, 5.74) is 3.62. The van der Waals surface area contributed by atoms with Crippen LogP contribution < -0.4 is 0 Å². The number of hydrogen-bond acceptors (Lipinski definition) is 7. The molecular weight excluding hydrogens is 460 g/mol. The number of aliphatic hydroxyl groups is 2. The second-order valence-electron chi connectivity index (χ2n) is 9.70. The van der Waals surface area contributed by atoms with Crippen LogP contribution in [0.25, 0.3) is 11.6 Å². The van der Waals surface area contributed by atoms with Crippen LogP contribution in [0.2, 0.25) is 0 Å². The summed E-state index contributed by atoms with van der Waals surface area (Å²) in [7, 11) is 0. The number of aromatic nitrogens is 1. The number of rotatable bonds is 9. The molecule has 190 valence electrons. The largest absolute Gasteiger partial charge is 0.459 e. The number of carbonyl (C=O) groups excluding carboxylic acids is 2. The van der Waals surface area contributed by atoms with Gasteiger partial charge in [0.1, 0.15) is 18.1 Å². The van der Waals surface area contributed by atoms with E-state index in [1.165, 1.54) is 4.90 Å². The molecule has 2 amide bonds. The maximum Gasteiger partial charge on any atom is 0.233 e. The van der Waals surface area contributed by atoms with E-state index < -0.39 is 11.8 Å². The van der Waals surface area contributed by atoms with Crippen molar-refractivity contribution < 1.29 is 29.0 Å². The molecule has 0 saturated carbocycles. The van der Waals surface area contributed by atoms with Crippen molar-refractivity contribution in [2.75, 3.05) is 19.8 Å². The van der Waals surface area contributed by atoms with Crippen LogP contribution in [0.5, 0.6) is 0 Å². The van der Waals surface area contributed by atoms with Gasteiger partial charge in [0.05, 0.1) is 36.8 Å². The van der Waals surface area contributed by atoms with Crippen molar-refractivity contribution in [2.45, 2.75) is 45.3 Å². The van der Waals surface area contributed by atoms with Crippen LogP contribution in [0, 0.1) is 17.8 Å². The molecule has 2 aliphatic heterocycles. The Morgan fingerprint density at radius 2 is 2.00 bits per heavy atom. The normalized spacial score (nSPS) is 26.1. The summed E-state index contributed by atoms with van der Waals surface area (Å²) in [5.74, 6) is -0.0499. The molecule has 8 nitrogen and oxygen atoms in total. The fraction of sp³-hybridized carbons (Fsp3) is 0.464. The van der Waals surface area contributed by atoms with Crippen molar-refractivity contribution in [1.82, 2.24) is 9.88 Å². The quantitative estimate of drug-likeness (QED) is 0.408. The van der Waals surface area contributed by atoms with Crippen LogP contribution in [0.4, 0.5) is 0 Å². The first-order chi connectivity index (χ1) is 17.5. The average molecular weight is 493 g/mol. The van der Waals surface area contributed by atoms with E-state index in [1.807, 2.05) is 37.3 Å². The number of carbonyl (C=O) groups is 2. The SMILES string of the molecule is CCCN1C(=O)[C@@H]2[C@@H](CC(CO)=C3[C@@H](CC/C(=C/c4ccc(CO)o4)c4ccccn4)OC[C@@H]32)C1=O. The number of furan rings is 1. The number of fused-ring (bicyclic) bond motifs is 3. The number of hydrogen-bond donors (Lipinski definition) is 2. The van der Waals surface area contributed by atoms with Crippen LogP contribution in [0.1, 0.15) is 49.8 Å². The number of imide groups is 1. The van der Waals surface area contributed by atoms with Gasteiger partial charge in [0.15, 0.2) is 0 Å². The number of nitrogens with zero attached hydrogens (tertiary/aromatic N) is 2. The van der Waals surface area contributed by atoms with E-state index in [0.717, 1.165) is 28.8 Å². The molecule has 2 aromatic heterocycles. The van der Waals surface area contributed by atoms with Crippen LogP contribution in [-0.4, -0.2) is 57.8 Å². The van der Waals surface area contributed by atoms with Gasteiger partial charge in [0.25, 0.3) is 0 Å². The summed E-state index contributed by atoms with van der Waals surface area (Å²) >= 11 is 0. The van der Waals surface area contributed by atoms with E-state index in [1.54, 1.807) is 12.3 Å². The monoisotopic (exact) mass is 492 g/mol. The highest BCUT2D eigenvalue weighted by molar-refractivity contribution is 6.06. The molecule has 3 aliphatic rings. The molecule has 4 atom stereocenters. The summed E-state index contributed by atoms with van der Waals surface area (Å²) in [4.78, 5) is 32.1. The minimum atomic E-state index is -0.398. The van der Waals surface area contributed by atoms with Crippen molar-refractivity contribution in [3.8, 4) is 0 Å². The maximum absolute atomic E-state index is 13.2. The fourth-order valence-corrected chi connectivity index (χ4v) is 5.97. The zero-order chi connectivity index (χ0) is 25.2. The first-order valence-electron chi connectivity index (χ1n) is 12.7. The van der Waals surface area contributed by atoms with E-state index in [-0.39, 0.29) is 37.0 Å². The molecule has 36 heavy (non-hydrogen) atoms. The molecule has 0 aromatic carbocycles. The highest BCUT2D eigenvalue weighted by atomic mass is 16.5. The number of aliphatic hydroxyl groups excluding tert-OH is 2. The van der Waals surface area contributed by atoms with Crippen molar-refractivity contribution in [1.29, 1.82) is 0 Å². The maximum atomic E-state index is 13.2. The van der Waals surface area contributed by atoms with E-state index in [9.17, 15) is 19.8 Å². The Bertz CT molecular complexity index is 1180. The van der Waals surface area contributed by atoms with Crippen LogP contribution in [0.3, 0.4) is 0 Å². The van der Waals surface area contributed by atoms with Gasteiger partial charge in [-0.15, -0.1) is 0 Å². The van der Waals surface area contributed by atoms with Gasteiger partial charge in [-0.25, -0.2) is 0 Å². The van der Waals surface area contributed by atoms with Gasteiger partial charge < -0.3 is 19.4 Å². The minimum Gasteiger partial charge on any atom is -0.459 e. The summed E-state index contributed by atoms with van der Waals surface area (Å²) in [6.45, 7) is 2.48. The van der Waals surface area contributed by atoms with E-state index in [2.05, 4.69) is 4.98 Å². The van der Waals surface area contributed by atoms with Crippen molar-refractivity contribution >= 4 is 23.5 Å². The standard InChI is InChI=1S/C28H32N2O6/c1-2-11-30-27(33)21-13-18(14-31)25-22(26(21)28(30)34)16-35-24(25)9-6-17(23-5-3-4-10-29-23)12-19-7-8-20(15-32)36-19/h3-5,7-8,10,12,21-22,24,26,31-32H,2,6,9,11,13-16H2,1H3/b17-12-/t21-,22+,24-,26-/m1/s1. The predicted octanol–water partition coefficient (Wildman–Crippen LogP) is 3.21. The molecule has 0 bridgehead atoms. The molecular formula is C28H32N2O6. The molecule has 0 spiro atoms. The Morgan fingerprint density at radius 1 is 1.14 bits per heavy atom. The Balaban J connectivity index is 1.39. The Morgan fingerprint density at radius 3 is 2.69 bits per heavy atom. The molecule has 5 rings (SSSR count). The molecule has 2 aromatic rings. The third-order valence-corrected chi connectivity index (χ3v) is 7.56. The topological polar surface area (TPSA) is 113 Å². The lowest BCUT2D eigenvalue weighted by Crippen LogP contribution is -2.35. The molecule has 2 fully saturated rings. The van der Waals surface area contributed by atoms with Crippen LogP contribution in [-0.2, 0) is 20.9 Å². The summed E-state index contributed by atoms with van der Waals surface area (Å²) in [6.07, 6.45) is 5.85. The fourth-order valence-electron chi connectivity index (χ4n) is 5.97. The van der Waals surface area contributed by atoms with Crippen molar-refractivity contribution in [2.24, 2.45) is 17.8 Å². The Hall–Kier alpha value is -3.07. The molecule has 0 unspecified atom stereocenters. The van der Waals surface area contributed by atoms with Crippen molar-refractivity contribution in [3.63, 3.8) is 0 Å². The van der Waals surface area contributed by atoms with Gasteiger partial charge in [0, 0.05) is 18.7 Å². The molecule has 8 heteroatoms. The van der Waals surface area contributed by atoms with Crippen LogP contribution in [0.15, 0.2) is 52.1 Å². The number of pyridine rings is 1. The van der Waals surface area contributed by atoms with E-state index >= 15 is 0 Å². The lowest BCUT2D eigenvalue weighted by molar-refractivity contribution is -0.140. The highest BCUT2D eigenvalue weighted by Crippen LogP contribution is 2.49. The molecule has 2 N–H and O–H groups in total. The van der Waals surface area contributed by atoms with E-state index in [4.69, 9.17) is 9.15 Å². The molecule has 0 radical (unpaired) electrons. The Labute approximate surface area is 210 Å². The second-order valence-corrected chi connectivity index (χ2v) is 9.70. The number of ether oxygens (including phenoxy) is 1. The lowest BCUT2D eigenvalue weighted by Gasteiger charge is -2.31. The van der Waals surface area contributed by atoms with Crippen molar-refractivity contribution in [3.05, 3.63) is 64.9 Å². The second kappa shape index (κ2) is 10.5.